The number of hydrogen-bond donors (Lipinski definition) is 1. The van der Waals surface area contributed by atoms with Gasteiger partial charge >= 0.3 is 17.3 Å². The molecule has 4 nitrogen and oxygen atoms in total. The van der Waals surface area contributed by atoms with Crippen molar-refractivity contribution in [1.29, 1.82) is 0 Å². The lowest BCUT2D eigenvalue weighted by molar-refractivity contribution is -0.134. The zero-order chi connectivity index (χ0) is 8.85. The molecule has 1 N–H and O–H groups in total. The van der Waals surface area contributed by atoms with Crippen LogP contribution in [0.5, 0.6) is 0 Å². The van der Waals surface area contributed by atoms with Crippen LogP contribution in [0.3, 0.4) is 0 Å². The van der Waals surface area contributed by atoms with Crippen molar-refractivity contribution in [3.63, 3.8) is 0 Å². The first kappa shape index (κ1) is 10.6. The second-order valence-electron chi connectivity index (χ2n) is 2.60. The van der Waals surface area contributed by atoms with Gasteiger partial charge in [-0.15, -0.1) is 0 Å². The molecule has 0 spiro atoms. The lowest BCUT2D eigenvalue weighted by Gasteiger charge is -2.01. The molecular formula is C6H12O4S. The summed E-state index contributed by atoms with van der Waals surface area (Å²) in [6, 6.07) is 0. The normalized spacial score (nSPS) is 13.1. The van der Waals surface area contributed by atoms with Crippen LogP contribution in [0.15, 0.2) is 0 Å². The summed E-state index contributed by atoms with van der Waals surface area (Å²) in [6.45, 7) is 3.92. The topological polar surface area (TPSA) is 63.6 Å². The van der Waals surface area contributed by atoms with Gasteiger partial charge in [0.05, 0.1) is 0 Å². The van der Waals surface area contributed by atoms with E-state index in [-0.39, 0.29) is 6.42 Å². The summed E-state index contributed by atoms with van der Waals surface area (Å²) in [4.78, 5) is 10.6. The SMILES string of the molecule is CC(C)CCC(=O)OS(=O)O. The second-order valence-corrected chi connectivity index (χ2v) is 3.21. The van der Waals surface area contributed by atoms with Gasteiger partial charge in [0, 0.05) is 6.42 Å². The highest BCUT2D eigenvalue weighted by atomic mass is 32.2. The molecule has 11 heavy (non-hydrogen) atoms. The highest BCUT2D eigenvalue weighted by molar-refractivity contribution is 7.74. The van der Waals surface area contributed by atoms with Gasteiger partial charge in [-0.25, -0.2) is 0 Å². The largest absolute Gasteiger partial charge is 0.360 e. The molecule has 0 radical (unpaired) electrons. The van der Waals surface area contributed by atoms with Crippen molar-refractivity contribution in [3.05, 3.63) is 0 Å². The van der Waals surface area contributed by atoms with Gasteiger partial charge in [-0.05, 0) is 12.3 Å². The van der Waals surface area contributed by atoms with Crippen LogP contribution in [0.25, 0.3) is 0 Å². The Bertz CT molecular complexity index is 155. The molecule has 0 bridgehead atoms. The van der Waals surface area contributed by atoms with Crippen molar-refractivity contribution in [1.82, 2.24) is 0 Å². The number of carbonyl (C=O) groups is 1. The molecule has 0 aliphatic rings. The predicted molar refractivity (Wildman–Crippen MR) is 40.9 cm³/mol. The molecule has 0 aliphatic carbocycles. The third kappa shape index (κ3) is 7.48. The number of hydrogen-bond acceptors (Lipinski definition) is 3. The van der Waals surface area contributed by atoms with Gasteiger partial charge in [0.15, 0.2) is 0 Å². The molecule has 0 fully saturated rings. The van der Waals surface area contributed by atoms with Gasteiger partial charge < -0.3 is 4.18 Å². The summed E-state index contributed by atoms with van der Waals surface area (Å²) < 4.78 is 22.0. The second kappa shape index (κ2) is 5.26. The Morgan fingerprint density at radius 2 is 2.18 bits per heavy atom. The minimum Gasteiger partial charge on any atom is -0.343 e. The lowest BCUT2D eigenvalue weighted by atomic mass is 10.1. The molecule has 0 aliphatic heterocycles. The van der Waals surface area contributed by atoms with E-state index in [2.05, 4.69) is 4.18 Å². The number of rotatable bonds is 4. The predicted octanol–water partition coefficient (Wildman–Crippen LogP) is 1.10. The van der Waals surface area contributed by atoms with E-state index in [4.69, 9.17) is 4.55 Å². The lowest BCUT2D eigenvalue weighted by Crippen LogP contribution is -2.07. The van der Waals surface area contributed by atoms with Crippen LogP contribution in [0.4, 0.5) is 0 Å². The zero-order valence-electron chi connectivity index (χ0n) is 6.57. The van der Waals surface area contributed by atoms with E-state index < -0.39 is 17.3 Å². The van der Waals surface area contributed by atoms with E-state index in [0.717, 1.165) is 0 Å². The average molecular weight is 180 g/mol. The highest BCUT2D eigenvalue weighted by Gasteiger charge is 2.06. The Morgan fingerprint density at radius 1 is 1.64 bits per heavy atom. The fraction of sp³-hybridized carbons (Fsp3) is 0.833. The van der Waals surface area contributed by atoms with Gasteiger partial charge in [0.25, 0.3) is 0 Å². The van der Waals surface area contributed by atoms with Crippen LogP contribution in [0.1, 0.15) is 26.7 Å². The smallest absolute Gasteiger partial charge is 0.343 e. The Morgan fingerprint density at radius 3 is 2.55 bits per heavy atom. The molecule has 0 aromatic carbocycles. The first-order valence-electron chi connectivity index (χ1n) is 3.34. The van der Waals surface area contributed by atoms with Gasteiger partial charge in [0.1, 0.15) is 0 Å². The van der Waals surface area contributed by atoms with Crippen LogP contribution >= 0.6 is 0 Å². The van der Waals surface area contributed by atoms with E-state index in [9.17, 15) is 9.00 Å². The van der Waals surface area contributed by atoms with Crippen LogP contribution in [0.2, 0.25) is 0 Å². The van der Waals surface area contributed by atoms with Crippen LogP contribution in [0, 0.1) is 5.92 Å². The molecule has 66 valence electrons. The van der Waals surface area contributed by atoms with Gasteiger partial charge in [0.2, 0.25) is 0 Å². The molecule has 0 heterocycles. The van der Waals surface area contributed by atoms with E-state index in [1.165, 1.54) is 0 Å². The number of carbonyl (C=O) groups excluding carboxylic acids is 1. The molecule has 1 unspecified atom stereocenters. The van der Waals surface area contributed by atoms with Crippen LogP contribution in [-0.2, 0) is 20.3 Å². The van der Waals surface area contributed by atoms with Crippen molar-refractivity contribution in [2.75, 3.05) is 0 Å². The summed E-state index contributed by atoms with van der Waals surface area (Å²) in [5, 5.41) is 0. The highest BCUT2D eigenvalue weighted by Crippen LogP contribution is 2.04. The molecule has 1 atom stereocenters. The summed E-state index contributed by atoms with van der Waals surface area (Å²) >= 11 is -2.46. The molecule has 5 heteroatoms. The maximum Gasteiger partial charge on any atom is 0.360 e. The standard InChI is InChI=1S/C6H12O4S/c1-5(2)3-4-6(7)10-11(8)9/h5H,3-4H2,1-2H3,(H,8,9). The van der Waals surface area contributed by atoms with Crippen molar-refractivity contribution >= 4 is 17.3 Å². The minimum atomic E-state index is -2.46. The Labute approximate surface area is 68.4 Å². The summed E-state index contributed by atoms with van der Waals surface area (Å²) in [7, 11) is 0. The quantitative estimate of drug-likeness (QED) is 0.658. The van der Waals surface area contributed by atoms with E-state index in [0.29, 0.717) is 12.3 Å². The Hall–Kier alpha value is -0.420. The van der Waals surface area contributed by atoms with Gasteiger partial charge in [-0.1, -0.05) is 13.8 Å². The van der Waals surface area contributed by atoms with Crippen LogP contribution in [-0.4, -0.2) is 14.7 Å². The van der Waals surface area contributed by atoms with Crippen molar-refractivity contribution < 1.29 is 17.7 Å². The van der Waals surface area contributed by atoms with Crippen molar-refractivity contribution in [2.24, 2.45) is 5.92 Å². The molecule has 0 saturated carbocycles. The molecule has 0 aromatic rings. The maximum atomic E-state index is 10.6. The Balaban J connectivity index is 3.46. The molecule has 0 saturated heterocycles. The first-order chi connectivity index (χ1) is 5.02. The van der Waals surface area contributed by atoms with Gasteiger partial charge in [-0.3, -0.25) is 9.35 Å². The zero-order valence-corrected chi connectivity index (χ0v) is 7.39. The summed E-state index contributed by atoms with van der Waals surface area (Å²) in [5.41, 5.74) is 0. The van der Waals surface area contributed by atoms with Crippen molar-refractivity contribution in [2.45, 2.75) is 26.7 Å². The Kier molecular flexibility index (Phi) is 5.06. The fourth-order valence-corrected chi connectivity index (χ4v) is 0.770. The van der Waals surface area contributed by atoms with Crippen molar-refractivity contribution in [3.8, 4) is 0 Å². The maximum absolute atomic E-state index is 10.6. The van der Waals surface area contributed by atoms with Gasteiger partial charge in [-0.2, -0.15) is 4.21 Å². The van der Waals surface area contributed by atoms with Crippen LogP contribution < -0.4 is 0 Å². The molecule has 0 rings (SSSR count). The first-order valence-corrected chi connectivity index (χ1v) is 4.37. The fourth-order valence-electron chi connectivity index (χ4n) is 0.528. The molecule has 0 amide bonds. The average Bonchev–Trinajstić information content (AvgIpc) is 1.82. The van der Waals surface area contributed by atoms with E-state index >= 15 is 0 Å². The minimum absolute atomic E-state index is 0.198. The molecular weight excluding hydrogens is 168 g/mol. The van der Waals surface area contributed by atoms with E-state index in [1.807, 2.05) is 13.8 Å². The molecule has 0 aromatic heterocycles. The monoisotopic (exact) mass is 180 g/mol. The van der Waals surface area contributed by atoms with E-state index in [1.54, 1.807) is 0 Å². The summed E-state index contributed by atoms with van der Waals surface area (Å²) in [6.07, 6.45) is 0.875. The third-order valence-corrected chi connectivity index (χ3v) is 1.42. The summed E-state index contributed by atoms with van der Waals surface area (Å²) in [5.74, 6) is -0.228. The third-order valence-electron chi connectivity index (χ3n) is 1.09.